The van der Waals surface area contributed by atoms with Gasteiger partial charge in [-0.2, -0.15) is 0 Å². The number of hydrogen-bond acceptors (Lipinski definition) is 2. The molecule has 2 aliphatic carbocycles. The van der Waals surface area contributed by atoms with Gasteiger partial charge in [-0.25, -0.2) is 0 Å². The van der Waals surface area contributed by atoms with Crippen LogP contribution in [0.5, 0.6) is 0 Å². The summed E-state index contributed by atoms with van der Waals surface area (Å²) < 4.78 is 0. The molecule has 2 saturated carbocycles. The summed E-state index contributed by atoms with van der Waals surface area (Å²) in [5, 5.41) is 0. The van der Waals surface area contributed by atoms with Crippen LogP contribution in [0, 0.1) is 17.8 Å². The van der Waals surface area contributed by atoms with E-state index in [0.29, 0.717) is 5.54 Å². The first-order valence-electron chi connectivity index (χ1n) is 8.23. The fraction of sp³-hybridized carbons (Fsp3) is 1.00. The Labute approximate surface area is 112 Å². The molecular formula is C16H30N2. The van der Waals surface area contributed by atoms with E-state index in [1.165, 1.54) is 64.5 Å². The van der Waals surface area contributed by atoms with Gasteiger partial charge in [-0.1, -0.05) is 26.2 Å². The Morgan fingerprint density at radius 2 is 1.94 bits per heavy atom. The number of nitrogens with two attached hydrogens (primary N) is 1. The van der Waals surface area contributed by atoms with E-state index in [1.807, 2.05) is 0 Å². The molecule has 1 saturated heterocycles. The number of likely N-dealkylation sites (tertiary alicyclic amines) is 1. The van der Waals surface area contributed by atoms with E-state index in [0.717, 1.165) is 24.3 Å². The summed E-state index contributed by atoms with van der Waals surface area (Å²) in [6.07, 6.45) is 11.5. The molecule has 2 heteroatoms. The predicted molar refractivity (Wildman–Crippen MR) is 76.4 cm³/mol. The lowest BCUT2D eigenvalue weighted by atomic mass is 9.77. The molecule has 3 atom stereocenters. The number of hydrogen-bond donors (Lipinski definition) is 1. The van der Waals surface area contributed by atoms with Gasteiger partial charge in [-0.3, -0.25) is 4.90 Å². The zero-order valence-corrected chi connectivity index (χ0v) is 12.0. The topological polar surface area (TPSA) is 29.3 Å². The number of rotatable bonds is 4. The first-order chi connectivity index (χ1) is 8.78. The highest BCUT2D eigenvalue weighted by atomic mass is 15.2. The minimum Gasteiger partial charge on any atom is -0.329 e. The summed E-state index contributed by atoms with van der Waals surface area (Å²) in [5.41, 5.74) is 6.65. The van der Waals surface area contributed by atoms with Crippen LogP contribution in [0.1, 0.15) is 58.3 Å². The Bertz CT molecular complexity index is 283. The second kappa shape index (κ2) is 5.13. The number of nitrogens with zero attached hydrogens (tertiary/aromatic N) is 1. The second-order valence-electron chi connectivity index (χ2n) is 7.11. The Hall–Kier alpha value is -0.0800. The van der Waals surface area contributed by atoms with Crippen LogP contribution in [0.2, 0.25) is 0 Å². The van der Waals surface area contributed by atoms with Gasteiger partial charge >= 0.3 is 0 Å². The van der Waals surface area contributed by atoms with Crippen LogP contribution in [0.3, 0.4) is 0 Å². The highest BCUT2D eigenvalue weighted by Gasteiger charge is 2.53. The maximum Gasteiger partial charge on any atom is 0.0362 e. The molecule has 0 aromatic heterocycles. The molecule has 3 aliphatic rings. The lowest BCUT2D eigenvalue weighted by Crippen LogP contribution is -2.59. The van der Waals surface area contributed by atoms with Gasteiger partial charge in [0.2, 0.25) is 0 Å². The van der Waals surface area contributed by atoms with Gasteiger partial charge < -0.3 is 5.73 Å². The van der Waals surface area contributed by atoms with Crippen LogP contribution in [0.25, 0.3) is 0 Å². The van der Waals surface area contributed by atoms with Gasteiger partial charge in [-0.15, -0.1) is 0 Å². The zero-order valence-electron chi connectivity index (χ0n) is 12.0. The largest absolute Gasteiger partial charge is 0.329 e. The molecule has 3 rings (SSSR count). The molecule has 18 heavy (non-hydrogen) atoms. The lowest BCUT2D eigenvalue weighted by Gasteiger charge is -2.49. The van der Waals surface area contributed by atoms with Gasteiger partial charge in [0.15, 0.2) is 0 Å². The molecule has 0 spiro atoms. The molecule has 1 heterocycles. The molecule has 1 aliphatic heterocycles. The fourth-order valence-electron chi connectivity index (χ4n) is 5.26. The van der Waals surface area contributed by atoms with Gasteiger partial charge in [0.25, 0.3) is 0 Å². The minimum atomic E-state index is 0.417. The molecule has 0 radical (unpaired) electrons. The van der Waals surface area contributed by atoms with Crippen molar-refractivity contribution in [2.45, 2.75) is 63.8 Å². The molecular weight excluding hydrogens is 220 g/mol. The van der Waals surface area contributed by atoms with Crippen molar-refractivity contribution in [2.75, 3.05) is 19.6 Å². The van der Waals surface area contributed by atoms with Gasteiger partial charge in [0.05, 0.1) is 0 Å². The summed E-state index contributed by atoms with van der Waals surface area (Å²) in [5.74, 6) is 2.93. The van der Waals surface area contributed by atoms with Crippen molar-refractivity contribution >= 4 is 0 Å². The van der Waals surface area contributed by atoms with E-state index in [9.17, 15) is 0 Å². The Morgan fingerprint density at radius 1 is 1.17 bits per heavy atom. The molecule has 2 nitrogen and oxygen atoms in total. The molecule has 0 aromatic rings. The second-order valence-corrected chi connectivity index (χ2v) is 7.11. The van der Waals surface area contributed by atoms with Crippen LogP contribution >= 0.6 is 0 Å². The van der Waals surface area contributed by atoms with Crippen molar-refractivity contribution in [2.24, 2.45) is 23.5 Å². The van der Waals surface area contributed by atoms with Crippen LogP contribution in [0.4, 0.5) is 0 Å². The summed E-state index contributed by atoms with van der Waals surface area (Å²) in [4.78, 5) is 2.81. The van der Waals surface area contributed by atoms with E-state index in [2.05, 4.69) is 11.8 Å². The van der Waals surface area contributed by atoms with E-state index in [4.69, 9.17) is 5.73 Å². The van der Waals surface area contributed by atoms with Crippen molar-refractivity contribution < 1.29 is 0 Å². The van der Waals surface area contributed by atoms with E-state index in [-0.39, 0.29) is 0 Å². The maximum absolute atomic E-state index is 6.24. The monoisotopic (exact) mass is 250 g/mol. The van der Waals surface area contributed by atoms with E-state index in [1.54, 1.807) is 0 Å². The zero-order chi connectivity index (χ0) is 12.6. The van der Waals surface area contributed by atoms with Gasteiger partial charge in [0, 0.05) is 12.1 Å². The van der Waals surface area contributed by atoms with Crippen molar-refractivity contribution in [3.63, 3.8) is 0 Å². The quantitative estimate of drug-likeness (QED) is 0.831. The lowest BCUT2D eigenvalue weighted by molar-refractivity contribution is 0.0127. The predicted octanol–water partition coefficient (Wildman–Crippen LogP) is 3.02. The smallest absolute Gasteiger partial charge is 0.0362 e. The van der Waals surface area contributed by atoms with Crippen LogP contribution in [-0.4, -0.2) is 30.1 Å². The van der Waals surface area contributed by atoms with E-state index < -0.39 is 0 Å². The molecule has 0 aromatic carbocycles. The average Bonchev–Trinajstić information content (AvgIpc) is 3.01. The molecule has 0 amide bonds. The van der Waals surface area contributed by atoms with Crippen molar-refractivity contribution in [1.82, 2.24) is 4.90 Å². The van der Waals surface area contributed by atoms with Crippen LogP contribution in [0.15, 0.2) is 0 Å². The Morgan fingerprint density at radius 3 is 2.44 bits per heavy atom. The Balaban J connectivity index is 1.64. The first kappa shape index (κ1) is 12.9. The minimum absolute atomic E-state index is 0.417. The summed E-state index contributed by atoms with van der Waals surface area (Å²) in [6, 6.07) is 0. The number of fused-ring (bicyclic) bond motifs is 2. The first-order valence-corrected chi connectivity index (χ1v) is 8.23. The highest BCUT2D eigenvalue weighted by molar-refractivity contribution is 5.08. The van der Waals surface area contributed by atoms with Gasteiger partial charge in [-0.05, 0) is 62.9 Å². The SMILES string of the molecule is CCCC1CCN(C2(CN)CC3CCC2C3)CC1. The number of piperidine rings is 1. The van der Waals surface area contributed by atoms with E-state index >= 15 is 0 Å². The third-order valence-corrected chi connectivity index (χ3v) is 6.24. The normalized spacial score (nSPS) is 41.7. The summed E-state index contributed by atoms with van der Waals surface area (Å²) >= 11 is 0. The molecule has 3 unspecified atom stereocenters. The third kappa shape index (κ3) is 2.02. The molecule has 2 bridgehead atoms. The summed E-state index contributed by atoms with van der Waals surface area (Å²) in [6.45, 7) is 5.88. The van der Waals surface area contributed by atoms with Gasteiger partial charge in [0.1, 0.15) is 0 Å². The fourth-order valence-corrected chi connectivity index (χ4v) is 5.26. The van der Waals surface area contributed by atoms with Crippen LogP contribution < -0.4 is 5.73 Å². The van der Waals surface area contributed by atoms with Crippen LogP contribution in [-0.2, 0) is 0 Å². The molecule has 3 fully saturated rings. The molecule has 2 N–H and O–H groups in total. The average molecular weight is 250 g/mol. The van der Waals surface area contributed by atoms with Crippen molar-refractivity contribution in [1.29, 1.82) is 0 Å². The standard InChI is InChI=1S/C16H30N2/c1-2-3-13-6-8-18(9-7-13)16(12-17)11-14-4-5-15(16)10-14/h13-15H,2-12,17H2,1H3. The summed E-state index contributed by atoms with van der Waals surface area (Å²) in [7, 11) is 0. The Kier molecular flexibility index (Phi) is 3.68. The third-order valence-electron chi connectivity index (χ3n) is 6.24. The maximum atomic E-state index is 6.24. The van der Waals surface area contributed by atoms with Crippen molar-refractivity contribution in [3.05, 3.63) is 0 Å². The van der Waals surface area contributed by atoms with Crippen molar-refractivity contribution in [3.8, 4) is 0 Å². The highest BCUT2D eigenvalue weighted by Crippen LogP contribution is 2.53. The molecule has 104 valence electrons.